The smallest absolute Gasteiger partial charge is 0.251 e. The molecule has 1 amide bonds. The summed E-state index contributed by atoms with van der Waals surface area (Å²) >= 11 is 0. The molecule has 116 valence electrons. The third-order valence-electron chi connectivity index (χ3n) is 3.40. The molecule has 3 rings (SSSR count). The molecular formula is C17H17N5O. The van der Waals surface area contributed by atoms with Crippen molar-refractivity contribution in [3.63, 3.8) is 0 Å². The standard InChI is InChI=1S/C17H17N5O/c1-22-16(8-10-20-22)21-15-11-14(7-9-18-15)17(23)19-12-13-5-3-2-4-6-13/h2-11H,12H2,1H3,(H,18,21)(H,19,23). The van der Waals surface area contributed by atoms with Gasteiger partial charge in [-0.3, -0.25) is 9.48 Å². The molecule has 0 unspecified atom stereocenters. The highest BCUT2D eigenvalue weighted by molar-refractivity contribution is 5.94. The summed E-state index contributed by atoms with van der Waals surface area (Å²) in [6, 6.07) is 15.0. The molecule has 2 aromatic heterocycles. The molecule has 2 heterocycles. The maximum atomic E-state index is 12.3. The molecule has 0 fully saturated rings. The van der Waals surface area contributed by atoms with Crippen LogP contribution in [-0.4, -0.2) is 20.7 Å². The zero-order valence-electron chi connectivity index (χ0n) is 12.7. The number of nitrogens with one attached hydrogen (secondary N) is 2. The van der Waals surface area contributed by atoms with Gasteiger partial charge in [-0.2, -0.15) is 5.10 Å². The van der Waals surface area contributed by atoms with Gasteiger partial charge in [0, 0.05) is 31.4 Å². The lowest BCUT2D eigenvalue weighted by Crippen LogP contribution is -2.22. The van der Waals surface area contributed by atoms with E-state index < -0.39 is 0 Å². The van der Waals surface area contributed by atoms with Crippen LogP contribution < -0.4 is 10.6 Å². The van der Waals surface area contributed by atoms with Crippen LogP contribution in [0.5, 0.6) is 0 Å². The average Bonchev–Trinajstić information content (AvgIpc) is 2.99. The summed E-state index contributed by atoms with van der Waals surface area (Å²) in [5.41, 5.74) is 1.61. The highest BCUT2D eigenvalue weighted by Gasteiger charge is 2.08. The summed E-state index contributed by atoms with van der Waals surface area (Å²) in [5, 5.41) is 10.1. The van der Waals surface area contributed by atoms with Gasteiger partial charge >= 0.3 is 0 Å². The molecule has 0 aliphatic rings. The lowest BCUT2D eigenvalue weighted by Gasteiger charge is -2.08. The summed E-state index contributed by atoms with van der Waals surface area (Å²) in [7, 11) is 1.83. The van der Waals surface area contributed by atoms with Crippen LogP contribution in [0.1, 0.15) is 15.9 Å². The molecule has 0 atom stereocenters. The molecule has 0 aliphatic carbocycles. The van der Waals surface area contributed by atoms with Crippen LogP contribution in [-0.2, 0) is 13.6 Å². The summed E-state index contributed by atoms with van der Waals surface area (Å²) in [6.45, 7) is 0.493. The van der Waals surface area contributed by atoms with Crippen molar-refractivity contribution in [1.82, 2.24) is 20.1 Å². The molecular weight excluding hydrogens is 290 g/mol. The van der Waals surface area contributed by atoms with Crippen molar-refractivity contribution in [3.8, 4) is 0 Å². The van der Waals surface area contributed by atoms with Gasteiger partial charge in [-0.15, -0.1) is 0 Å². The fraction of sp³-hybridized carbons (Fsp3) is 0.118. The Morgan fingerprint density at radius 2 is 1.96 bits per heavy atom. The van der Waals surface area contributed by atoms with Crippen molar-refractivity contribution >= 4 is 17.5 Å². The van der Waals surface area contributed by atoms with Crippen LogP contribution in [0, 0.1) is 0 Å². The minimum absolute atomic E-state index is 0.135. The molecule has 0 bridgehead atoms. The number of benzene rings is 1. The Hall–Kier alpha value is -3.15. The van der Waals surface area contributed by atoms with Crippen molar-refractivity contribution in [2.24, 2.45) is 7.05 Å². The molecule has 0 saturated heterocycles. The number of rotatable bonds is 5. The second-order valence-corrected chi connectivity index (χ2v) is 5.06. The largest absolute Gasteiger partial charge is 0.348 e. The summed E-state index contributed by atoms with van der Waals surface area (Å²) in [4.78, 5) is 16.5. The van der Waals surface area contributed by atoms with Crippen LogP contribution in [0.15, 0.2) is 60.9 Å². The van der Waals surface area contributed by atoms with E-state index in [1.165, 1.54) is 0 Å². The van der Waals surface area contributed by atoms with Gasteiger partial charge in [0.1, 0.15) is 11.6 Å². The van der Waals surface area contributed by atoms with Crippen molar-refractivity contribution in [3.05, 3.63) is 72.1 Å². The first-order valence-corrected chi connectivity index (χ1v) is 7.25. The Kier molecular flexibility index (Phi) is 4.33. The second kappa shape index (κ2) is 6.74. The van der Waals surface area contributed by atoms with Gasteiger partial charge < -0.3 is 10.6 Å². The Morgan fingerprint density at radius 3 is 2.70 bits per heavy atom. The topological polar surface area (TPSA) is 71.8 Å². The first kappa shape index (κ1) is 14.8. The number of aryl methyl sites for hydroxylation is 1. The monoisotopic (exact) mass is 307 g/mol. The summed E-state index contributed by atoms with van der Waals surface area (Å²) in [6.07, 6.45) is 3.30. The first-order chi connectivity index (χ1) is 11.2. The van der Waals surface area contributed by atoms with E-state index in [0.717, 1.165) is 11.4 Å². The van der Waals surface area contributed by atoms with Crippen molar-refractivity contribution in [1.29, 1.82) is 0 Å². The zero-order chi connectivity index (χ0) is 16.1. The molecule has 0 spiro atoms. The fourth-order valence-electron chi connectivity index (χ4n) is 2.15. The Balaban J connectivity index is 1.67. The SMILES string of the molecule is Cn1nccc1Nc1cc(C(=O)NCc2ccccc2)ccn1. The zero-order valence-corrected chi connectivity index (χ0v) is 12.7. The van der Waals surface area contributed by atoms with E-state index in [-0.39, 0.29) is 5.91 Å². The summed E-state index contributed by atoms with van der Waals surface area (Å²) in [5.74, 6) is 1.27. The third-order valence-corrected chi connectivity index (χ3v) is 3.40. The van der Waals surface area contributed by atoms with Gasteiger partial charge in [-0.05, 0) is 17.7 Å². The minimum atomic E-state index is -0.135. The molecule has 1 aromatic carbocycles. The van der Waals surface area contributed by atoms with E-state index in [1.54, 1.807) is 29.2 Å². The molecule has 23 heavy (non-hydrogen) atoms. The number of hydrogen-bond donors (Lipinski definition) is 2. The van der Waals surface area contributed by atoms with Gasteiger partial charge in [-0.25, -0.2) is 4.98 Å². The van der Waals surface area contributed by atoms with E-state index in [4.69, 9.17) is 0 Å². The van der Waals surface area contributed by atoms with E-state index in [1.807, 2.05) is 43.4 Å². The third kappa shape index (κ3) is 3.74. The van der Waals surface area contributed by atoms with Gasteiger partial charge in [0.05, 0.1) is 6.20 Å². The van der Waals surface area contributed by atoms with E-state index in [0.29, 0.717) is 17.9 Å². The minimum Gasteiger partial charge on any atom is -0.348 e. The van der Waals surface area contributed by atoms with Crippen LogP contribution in [0.3, 0.4) is 0 Å². The Labute approximate surface area is 134 Å². The number of hydrogen-bond acceptors (Lipinski definition) is 4. The number of pyridine rings is 1. The molecule has 6 heteroatoms. The lowest BCUT2D eigenvalue weighted by molar-refractivity contribution is 0.0951. The number of amides is 1. The predicted molar refractivity (Wildman–Crippen MR) is 88.3 cm³/mol. The summed E-state index contributed by atoms with van der Waals surface area (Å²) < 4.78 is 1.70. The Bertz CT molecular complexity index is 798. The second-order valence-electron chi connectivity index (χ2n) is 5.06. The fourth-order valence-corrected chi connectivity index (χ4v) is 2.15. The maximum Gasteiger partial charge on any atom is 0.251 e. The van der Waals surface area contributed by atoms with E-state index in [9.17, 15) is 4.79 Å². The molecule has 0 aliphatic heterocycles. The quantitative estimate of drug-likeness (QED) is 0.759. The van der Waals surface area contributed by atoms with E-state index in [2.05, 4.69) is 20.7 Å². The van der Waals surface area contributed by atoms with E-state index >= 15 is 0 Å². The van der Waals surface area contributed by atoms with Crippen LogP contribution >= 0.6 is 0 Å². The van der Waals surface area contributed by atoms with Gasteiger partial charge in [0.15, 0.2) is 0 Å². The van der Waals surface area contributed by atoms with Crippen molar-refractivity contribution in [2.45, 2.75) is 6.54 Å². The van der Waals surface area contributed by atoms with Gasteiger partial charge in [0.25, 0.3) is 5.91 Å². The lowest BCUT2D eigenvalue weighted by atomic mass is 10.2. The molecule has 6 nitrogen and oxygen atoms in total. The number of carbonyl (C=O) groups excluding carboxylic acids is 1. The number of aromatic nitrogens is 3. The highest BCUT2D eigenvalue weighted by atomic mass is 16.1. The van der Waals surface area contributed by atoms with Crippen molar-refractivity contribution < 1.29 is 4.79 Å². The van der Waals surface area contributed by atoms with Crippen LogP contribution in [0.4, 0.5) is 11.6 Å². The Morgan fingerprint density at radius 1 is 1.13 bits per heavy atom. The number of carbonyl (C=O) groups is 1. The average molecular weight is 307 g/mol. The molecule has 0 saturated carbocycles. The van der Waals surface area contributed by atoms with Crippen LogP contribution in [0.2, 0.25) is 0 Å². The van der Waals surface area contributed by atoms with Gasteiger partial charge in [0.2, 0.25) is 0 Å². The van der Waals surface area contributed by atoms with Crippen molar-refractivity contribution in [2.75, 3.05) is 5.32 Å². The number of nitrogens with zero attached hydrogens (tertiary/aromatic N) is 3. The molecule has 3 aromatic rings. The normalized spacial score (nSPS) is 10.3. The first-order valence-electron chi connectivity index (χ1n) is 7.25. The van der Waals surface area contributed by atoms with Gasteiger partial charge in [-0.1, -0.05) is 30.3 Å². The maximum absolute atomic E-state index is 12.3. The molecule has 0 radical (unpaired) electrons. The number of anilines is 2. The highest BCUT2D eigenvalue weighted by Crippen LogP contribution is 2.14. The van der Waals surface area contributed by atoms with Crippen LogP contribution in [0.25, 0.3) is 0 Å². The predicted octanol–water partition coefficient (Wildman–Crippen LogP) is 2.49. The molecule has 2 N–H and O–H groups in total.